The molecule has 1 aromatic carbocycles. The first-order chi connectivity index (χ1) is 9.11. The maximum atomic E-state index is 11.8. The van der Waals surface area contributed by atoms with Gasteiger partial charge in [-0.2, -0.15) is 0 Å². The van der Waals surface area contributed by atoms with E-state index in [1.165, 1.54) is 0 Å². The Hall–Kier alpha value is -1.84. The minimum atomic E-state index is -0.322. The monoisotopic (exact) mass is 262 g/mol. The Morgan fingerprint density at radius 3 is 2.47 bits per heavy atom. The summed E-state index contributed by atoms with van der Waals surface area (Å²) in [5.41, 5.74) is 6.26. The van der Waals surface area contributed by atoms with Gasteiger partial charge >= 0.3 is 0 Å². The number of hydrogen-bond donors (Lipinski definition) is 2. The summed E-state index contributed by atoms with van der Waals surface area (Å²) >= 11 is 0. The van der Waals surface area contributed by atoms with E-state index < -0.39 is 0 Å². The number of hydrogen-bond acceptors (Lipinski definition) is 2. The average molecular weight is 262 g/mol. The van der Waals surface area contributed by atoms with Gasteiger partial charge in [-0.15, -0.1) is 0 Å². The van der Waals surface area contributed by atoms with E-state index in [0.29, 0.717) is 19.3 Å². The molecule has 0 aliphatic heterocycles. The minimum absolute atomic E-state index is 0.0279. The largest absolute Gasteiger partial charge is 0.370 e. The quantitative estimate of drug-likeness (QED) is 0.749. The molecule has 1 atom stereocenters. The van der Waals surface area contributed by atoms with Crippen LogP contribution in [0.4, 0.5) is 0 Å². The van der Waals surface area contributed by atoms with Gasteiger partial charge in [-0.1, -0.05) is 37.3 Å². The van der Waals surface area contributed by atoms with Crippen molar-refractivity contribution in [1.29, 1.82) is 0 Å². The maximum Gasteiger partial charge on any atom is 0.220 e. The predicted molar refractivity (Wildman–Crippen MR) is 75.4 cm³/mol. The standard InChI is InChI=1S/C15H22N2O2/c1-2-13(9-10-14(16)18)17-15(19)11-8-12-6-4-3-5-7-12/h3-7,13H,2,8-11H2,1H3,(H2,16,18)(H,17,19). The number of primary amides is 1. The summed E-state index contributed by atoms with van der Waals surface area (Å²) in [6, 6.07) is 9.95. The van der Waals surface area contributed by atoms with Gasteiger partial charge in [-0.3, -0.25) is 9.59 Å². The molecule has 2 amide bonds. The number of benzene rings is 1. The molecule has 4 nitrogen and oxygen atoms in total. The summed E-state index contributed by atoms with van der Waals surface area (Å²) in [4.78, 5) is 22.5. The van der Waals surface area contributed by atoms with Crippen LogP contribution in [0, 0.1) is 0 Å². The van der Waals surface area contributed by atoms with Gasteiger partial charge in [0.15, 0.2) is 0 Å². The third-order valence-corrected chi connectivity index (χ3v) is 3.08. The van der Waals surface area contributed by atoms with Crippen LogP contribution in [0.5, 0.6) is 0 Å². The Labute approximate surface area is 114 Å². The first-order valence-corrected chi connectivity index (χ1v) is 6.73. The Morgan fingerprint density at radius 2 is 1.89 bits per heavy atom. The highest BCUT2D eigenvalue weighted by atomic mass is 16.2. The number of carbonyl (C=O) groups is 2. The average Bonchev–Trinajstić information content (AvgIpc) is 2.42. The summed E-state index contributed by atoms with van der Waals surface area (Å²) < 4.78 is 0. The molecule has 0 aliphatic carbocycles. The molecule has 104 valence electrons. The third-order valence-electron chi connectivity index (χ3n) is 3.08. The minimum Gasteiger partial charge on any atom is -0.370 e. The van der Waals surface area contributed by atoms with Crippen LogP contribution in [-0.2, 0) is 16.0 Å². The zero-order chi connectivity index (χ0) is 14.1. The molecule has 4 heteroatoms. The zero-order valence-electron chi connectivity index (χ0n) is 11.4. The topological polar surface area (TPSA) is 72.2 Å². The van der Waals surface area contributed by atoms with Gasteiger partial charge in [0.05, 0.1) is 0 Å². The van der Waals surface area contributed by atoms with E-state index in [1.807, 2.05) is 37.3 Å². The van der Waals surface area contributed by atoms with Crippen LogP contribution in [-0.4, -0.2) is 17.9 Å². The third kappa shape index (κ3) is 6.60. The lowest BCUT2D eigenvalue weighted by atomic mass is 10.1. The summed E-state index contributed by atoms with van der Waals surface area (Å²) in [7, 11) is 0. The Kier molecular flexibility index (Phi) is 6.64. The van der Waals surface area contributed by atoms with E-state index in [9.17, 15) is 9.59 Å². The number of nitrogens with two attached hydrogens (primary N) is 1. The Balaban J connectivity index is 2.30. The van der Waals surface area contributed by atoms with Crippen molar-refractivity contribution >= 4 is 11.8 Å². The zero-order valence-corrected chi connectivity index (χ0v) is 11.4. The van der Waals surface area contributed by atoms with Crippen molar-refractivity contribution in [2.24, 2.45) is 5.73 Å². The molecule has 0 aliphatic rings. The van der Waals surface area contributed by atoms with Crippen molar-refractivity contribution in [3.05, 3.63) is 35.9 Å². The van der Waals surface area contributed by atoms with Crippen LogP contribution in [0.3, 0.4) is 0 Å². The number of amides is 2. The van der Waals surface area contributed by atoms with Crippen LogP contribution >= 0.6 is 0 Å². The number of aryl methyl sites for hydroxylation is 1. The Bertz CT molecular complexity index is 404. The van der Waals surface area contributed by atoms with Crippen molar-refractivity contribution in [2.75, 3.05) is 0 Å². The van der Waals surface area contributed by atoms with Gasteiger partial charge < -0.3 is 11.1 Å². The van der Waals surface area contributed by atoms with Gasteiger partial charge in [0.25, 0.3) is 0 Å². The van der Waals surface area contributed by atoms with Crippen LogP contribution in [0.1, 0.15) is 38.2 Å². The molecule has 0 heterocycles. The SMILES string of the molecule is CCC(CCC(N)=O)NC(=O)CCc1ccccc1. The fourth-order valence-corrected chi connectivity index (χ4v) is 1.90. The van der Waals surface area contributed by atoms with Crippen LogP contribution in [0.15, 0.2) is 30.3 Å². The molecule has 0 radical (unpaired) electrons. The molecule has 0 saturated carbocycles. The molecular formula is C15H22N2O2. The normalized spacial score (nSPS) is 11.8. The van der Waals surface area contributed by atoms with Crippen molar-refractivity contribution in [1.82, 2.24) is 5.32 Å². The number of nitrogens with one attached hydrogen (secondary N) is 1. The molecule has 0 fully saturated rings. The number of rotatable bonds is 8. The molecule has 1 rings (SSSR count). The van der Waals surface area contributed by atoms with Gasteiger partial charge in [0, 0.05) is 18.9 Å². The smallest absolute Gasteiger partial charge is 0.220 e. The summed E-state index contributed by atoms with van der Waals surface area (Å²) in [6.45, 7) is 1.99. The molecule has 19 heavy (non-hydrogen) atoms. The van der Waals surface area contributed by atoms with E-state index in [0.717, 1.165) is 18.4 Å². The second kappa shape index (κ2) is 8.29. The van der Waals surface area contributed by atoms with Gasteiger partial charge in [-0.05, 0) is 24.8 Å². The van der Waals surface area contributed by atoms with Crippen molar-refractivity contribution < 1.29 is 9.59 Å². The van der Waals surface area contributed by atoms with E-state index in [1.54, 1.807) is 0 Å². The lowest BCUT2D eigenvalue weighted by Crippen LogP contribution is -2.35. The second-order valence-electron chi connectivity index (χ2n) is 4.66. The van der Waals surface area contributed by atoms with E-state index in [2.05, 4.69) is 5.32 Å². The fourth-order valence-electron chi connectivity index (χ4n) is 1.90. The predicted octanol–water partition coefficient (Wildman–Crippen LogP) is 1.78. The Morgan fingerprint density at radius 1 is 1.21 bits per heavy atom. The van der Waals surface area contributed by atoms with E-state index in [4.69, 9.17) is 5.73 Å². The van der Waals surface area contributed by atoms with Crippen molar-refractivity contribution in [3.63, 3.8) is 0 Å². The number of carbonyl (C=O) groups excluding carboxylic acids is 2. The summed E-state index contributed by atoms with van der Waals surface area (Å²) in [5.74, 6) is -0.294. The van der Waals surface area contributed by atoms with Gasteiger partial charge in [0.2, 0.25) is 11.8 Å². The molecule has 1 aromatic rings. The molecule has 0 bridgehead atoms. The maximum absolute atomic E-state index is 11.8. The van der Waals surface area contributed by atoms with Crippen LogP contribution < -0.4 is 11.1 Å². The van der Waals surface area contributed by atoms with Crippen LogP contribution in [0.2, 0.25) is 0 Å². The molecule has 0 spiro atoms. The highest BCUT2D eigenvalue weighted by molar-refractivity contribution is 5.77. The molecule has 1 unspecified atom stereocenters. The van der Waals surface area contributed by atoms with Crippen molar-refractivity contribution in [2.45, 2.75) is 45.1 Å². The summed E-state index contributed by atoms with van der Waals surface area (Å²) in [6.07, 6.45) is 2.95. The summed E-state index contributed by atoms with van der Waals surface area (Å²) in [5, 5.41) is 2.95. The fraction of sp³-hybridized carbons (Fsp3) is 0.467. The molecule has 3 N–H and O–H groups in total. The van der Waals surface area contributed by atoms with Gasteiger partial charge in [0.1, 0.15) is 0 Å². The van der Waals surface area contributed by atoms with Crippen LogP contribution in [0.25, 0.3) is 0 Å². The molecular weight excluding hydrogens is 240 g/mol. The first-order valence-electron chi connectivity index (χ1n) is 6.73. The van der Waals surface area contributed by atoms with E-state index >= 15 is 0 Å². The highest BCUT2D eigenvalue weighted by Crippen LogP contribution is 2.05. The highest BCUT2D eigenvalue weighted by Gasteiger charge is 2.11. The lowest BCUT2D eigenvalue weighted by Gasteiger charge is -2.16. The lowest BCUT2D eigenvalue weighted by molar-refractivity contribution is -0.122. The molecule has 0 saturated heterocycles. The second-order valence-corrected chi connectivity index (χ2v) is 4.66. The van der Waals surface area contributed by atoms with Crippen molar-refractivity contribution in [3.8, 4) is 0 Å². The first kappa shape index (κ1) is 15.2. The molecule has 0 aromatic heterocycles. The van der Waals surface area contributed by atoms with E-state index in [-0.39, 0.29) is 17.9 Å². The van der Waals surface area contributed by atoms with Gasteiger partial charge in [-0.25, -0.2) is 0 Å².